The number of piperazine rings is 1. The number of methoxy groups -OCH3 is 1. The Morgan fingerprint density at radius 1 is 0.935 bits per heavy atom. The van der Waals surface area contributed by atoms with E-state index in [0.29, 0.717) is 0 Å². The Labute approximate surface area is 204 Å². The van der Waals surface area contributed by atoms with Gasteiger partial charge in [0.05, 0.1) is 7.11 Å². The van der Waals surface area contributed by atoms with Crippen LogP contribution in [-0.4, -0.2) is 70.8 Å². The highest BCUT2D eigenvalue weighted by Crippen LogP contribution is 2.15. The highest BCUT2D eigenvalue weighted by molar-refractivity contribution is 14.0. The zero-order valence-corrected chi connectivity index (χ0v) is 21.0. The lowest BCUT2D eigenvalue weighted by Gasteiger charge is -2.36. The minimum atomic E-state index is 0. The molecule has 1 aliphatic heterocycles. The quantitative estimate of drug-likeness (QED) is 0.223. The predicted molar refractivity (Wildman–Crippen MR) is 141 cm³/mol. The van der Waals surface area contributed by atoms with Crippen LogP contribution in [0.3, 0.4) is 0 Å². The van der Waals surface area contributed by atoms with Crippen LogP contribution in [0.2, 0.25) is 0 Å². The molecule has 3 rings (SSSR count). The lowest BCUT2D eigenvalue weighted by atomic mass is 10.1. The fraction of sp³-hybridized carbons (Fsp3) is 0.458. The Bertz CT molecular complexity index is 761. The summed E-state index contributed by atoms with van der Waals surface area (Å²) < 4.78 is 5.20. The molecule has 2 aromatic rings. The number of hydrogen-bond donors (Lipinski definition) is 2. The first kappa shape index (κ1) is 25.3. The van der Waals surface area contributed by atoms with E-state index in [1.54, 1.807) is 7.11 Å². The molecule has 6 nitrogen and oxygen atoms in total. The van der Waals surface area contributed by atoms with Crippen LogP contribution in [0.1, 0.15) is 12.0 Å². The molecule has 0 spiro atoms. The first-order valence-electron chi connectivity index (χ1n) is 10.9. The molecule has 0 atom stereocenters. The van der Waals surface area contributed by atoms with Gasteiger partial charge in [0.15, 0.2) is 5.96 Å². The van der Waals surface area contributed by atoms with Gasteiger partial charge < -0.3 is 20.3 Å². The number of aliphatic imine (C=N–C) groups is 1. The highest BCUT2D eigenvalue weighted by atomic mass is 127. The molecule has 0 unspecified atom stereocenters. The highest BCUT2D eigenvalue weighted by Gasteiger charge is 2.16. The smallest absolute Gasteiger partial charge is 0.190 e. The minimum absolute atomic E-state index is 0. The van der Waals surface area contributed by atoms with Crippen molar-refractivity contribution in [2.24, 2.45) is 4.99 Å². The van der Waals surface area contributed by atoms with Crippen molar-refractivity contribution < 1.29 is 4.74 Å². The van der Waals surface area contributed by atoms with Crippen molar-refractivity contribution in [3.8, 4) is 5.75 Å². The van der Waals surface area contributed by atoms with E-state index < -0.39 is 0 Å². The van der Waals surface area contributed by atoms with Gasteiger partial charge in [0, 0.05) is 52.0 Å². The summed E-state index contributed by atoms with van der Waals surface area (Å²) in [5, 5.41) is 6.83. The fourth-order valence-corrected chi connectivity index (χ4v) is 3.72. The van der Waals surface area contributed by atoms with Gasteiger partial charge in [0.25, 0.3) is 0 Å². The van der Waals surface area contributed by atoms with E-state index in [2.05, 4.69) is 67.9 Å². The molecule has 7 heteroatoms. The lowest BCUT2D eigenvalue weighted by Crippen LogP contribution is -2.47. The summed E-state index contributed by atoms with van der Waals surface area (Å²) in [6.45, 7) is 7.37. The molecule has 0 aromatic heterocycles. The topological polar surface area (TPSA) is 52.1 Å². The molecule has 0 aliphatic carbocycles. The Morgan fingerprint density at radius 3 is 2.26 bits per heavy atom. The van der Waals surface area contributed by atoms with Crippen molar-refractivity contribution in [2.45, 2.75) is 12.8 Å². The second kappa shape index (κ2) is 14.1. The molecular weight excluding hydrogens is 501 g/mol. The maximum absolute atomic E-state index is 5.20. The van der Waals surface area contributed by atoms with Gasteiger partial charge in [-0.3, -0.25) is 9.89 Å². The van der Waals surface area contributed by atoms with Crippen LogP contribution in [0.25, 0.3) is 0 Å². The lowest BCUT2D eigenvalue weighted by molar-refractivity contribution is 0.255. The van der Waals surface area contributed by atoms with Gasteiger partial charge >= 0.3 is 0 Å². The van der Waals surface area contributed by atoms with Crippen LogP contribution >= 0.6 is 24.0 Å². The van der Waals surface area contributed by atoms with E-state index in [4.69, 9.17) is 4.74 Å². The van der Waals surface area contributed by atoms with Crippen molar-refractivity contribution in [2.75, 3.05) is 64.9 Å². The van der Waals surface area contributed by atoms with Crippen molar-refractivity contribution in [1.29, 1.82) is 0 Å². The van der Waals surface area contributed by atoms with E-state index in [1.165, 1.54) is 11.3 Å². The van der Waals surface area contributed by atoms with Crippen molar-refractivity contribution in [1.82, 2.24) is 15.5 Å². The first-order chi connectivity index (χ1) is 14.8. The van der Waals surface area contributed by atoms with E-state index in [9.17, 15) is 0 Å². The summed E-state index contributed by atoms with van der Waals surface area (Å²) in [6, 6.07) is 18.9. The fourth-order valence-electron chi connectivity index (χ4n) is 3.72. The van der Waals surface area contributed by atoms with Gasteiger partial charge in [-0.2, -0.15) is 0 Å². The molecule has 2 aromatic carbocycles. The second-order valence-electron chi connectivity index (χ2n) is 7.54. The molecule has 0 radical (unpaired) electrons. The normalized spacial score (nSPS) is 14.6. The zero-order valence-electron chi connectivity index (χ0n) is 18.7. The zero-order chi connectivity index (χ0) is 21.0. The summed E-state index contributed by atoms with van der Waals surface area (Å²) in [5.74, 6) is 1.77. The number of nitrogens with one attached hydrogen (secondary N) is 2. The average molecular weight is 537 g/mol. The maximum atomic E-state index is 5.20. The molecule has 1 fully saturated rings. The van der Waals surface area contributed by atoms with Gasteiger partial charge in [-0.05, 0) is 49.2 Å². The summed E-state index contributed by atoms with van der Waals surface area (Å²) in [5.41, 5.74) is 2.62. The van der Waals surface area contributed by atoms with Gasteiger partial charge in [0.2, 0.25) is 0 Å². The van der Waals surface area contributed by atoms with Gasteiger partial charge in [-0.15, -0.1) is 24.0 Å². The van der Waals surface area contributed by atoms with Gasteiger partial charge in [-0.1, -0.05) is 30.3 Å². The molecule has 2 N–H and O–H groups in total. The summed E-state index contributed by atoms with van der Waals surface area (Å²) in [7, 11) is 3.52. The molecule has 1 aliphatic rings. The summed E-state index contributed by atoms with van der Waals surface area (Å²) >= 11 is 0. The standard InChI is InChI=1S/C24H35N5O.HI/c1-25-24(27-15-13-21-9-11-23(30-2)12-10-21)26-14-6-16-28-17-19-29(20-18-28)22-7-4-3-5-8-22;/h3-5,7-12H,6,13-20H2,1-2H3,(H2,25,26,27);1H. The van der Waals surface area contributed by atoms with E-state index in [-0.39, 0.29) is 24.0 Å². The minimum Gasteiger partial charge on any atom is -0.497 e. The Balaban J connectivity index is 0.00000341. The van der Waals surface area contributed by atoms with Crippen LogP contribution in [-0.2, 0) is 6.42 Å². The molecule has 1 heterocycles. The number of ether oxygens (including phenoxy) is 1. The molecule has 0 saturated carbocycles. The number of rotatable bonds is 9. The van der Waals surface area contributed by atoms with Crippen molar-refractivity contribution in [3.05, 3.63) is 60.2 Å². The number of nitrogens with zero attached hydrogens (tertiary/aromatic N) is 3. The molecule has 170 valence electrons. The first-order valence-corrected chi connectivity index (χ1v) is 10.9. The van der Waals surface area contributed by atoms with Gasteiger partial charge in [-0.25, -0.2) is 0 Å². The molecule has 0 bridgehead atoms. The molecule has 31 heavy (non-hydrogen) atoms. The predicted octanol–water partition coefficient (Wildman–Crippen LogP) is 3.23. The average Bonchev–Trinajstić information content (AvgIpc) is 2.82. The Kier molecular flexibility index (Phi) is 11.5. The molecule has 0 amide bonds. The van der Waals surface area contributed by atoms with Crippen LogP contribution < -0.4 is 20.3 Å². The second-order valence-corrected chi connectivity index (χ2v) is 7.54. The number of anilines is 1. The summed E-state index contributed by atoms with van der Waals surface area (Å²) in [4.78, 5) is 9.36. The number of benzene rings is 2. The SMILES string of the molecule is CN=C(NCCCN1CCN(c2ccccc2)CC1)NCCc1ccc(OC)cc1.I. The van der Waals surface area contributed by atoms with Crippen LogP contribution in [0.15, 0.2) is 59.6 Å². The van der Waals surface area contributed by atoms with Crippen molar-refractivity contribution in [3.63, 3.8) is 0 Å². The third-order valence-corrected chi connectivity index (χ3v) is 5.53. The van der Waals surface area contributed by atoms with Gasteiger partial charge in [0.1, 0.15) is 5.75 Å². The Morgan fingerprint density at radius 2 is 1.61 bits per heavy atom. The third-order valence-electron chi connectivity index (χ3n) is 5.53. The van der Waals surface area contributed by atoms with E-state index >= 15 is 0 Å². The van der Waals surface area contributed by atoms with E-state index in [1.807, 2.05) is 19.2 Å². The van der Waals surface area contributed by atoms with E-state index in [0.717, 1.165) is 70.4 Å². The summed E-state index contributed by atoms with van der Waals surface area (Å²) in [6.07, 6.45) is 2.07. The van der Waals surface area contributed by atoms with Crippen LogP contribution in [0.4, 0.5) is 5.69 Å². The number of halogens is 1. The van der Waals surface area contributed by atoms with Crippen molar-refractivity contribution >= 4 is 35.6 Å². The largest absolute Gasteiger partial charge is 0.497 e. The number of guanidine groups is 1. The number of para-hydroxylation sites is 1. The Hall–Kier alpha value is -2.00. The third kappa shape index (κ3) is 8.57. The monoisotopic (exact) mass is 537 g/mol. The number of hydrogen-bond acceptors (Lipinski definition) is 4. The maximum Gasteiger partial charge on any atom is 0.190 e. The molecular formula is C24H36IN5O. The van der Waals surface area contributed by atoms with Crippen LogP contribution in [0.5, 0.6) is 5.75 Å². The van der Waals surface area contributed by atoms with Crippen LogP contribution in [0, 0.1) is 0 Å². The molecule has 1 saturated heterocycles.